The Morgan fingerprint density at radius 1 is 1.23 bits per heavy atom. The third kappa shape index (κ3) is 6.05. The molecule has 0 aromatic carbocycles. The number of nitrogens with zero attached hydrogens (tertiary/aromatic N) is 2. The van der Waals surface area contributed by atoms with E-state index in [2.05, 4.69) is 27.7 Å². The molecule has 0 bridgehead atoms. The molecule has 0 spiro atoms. The van der Waals surface area contributed by atoms with Crippen LogP contribution in [0.2, 0.25) is 0 Å². The number of piperazine rings is 1. The Kier molecular flexibility index (Phi) is 8.72. The minimum atomic E-state index is 0. The first-order valence-corrected chi connectivity index (χ1v) is 8.42. The van der Waals surface area contributed by atoms with E-state index in [4.69, 9.17) is 0 Å². The van der Waals surface area contributed by atoms with Gasteiger partial charge in [-0.3, -0.25) is 9.69 Å². The van der Waals surface area contributed by atoms with E-state index in [0.29, 0.717) is 6.54 Å². The lowest BCUT2D eigenvalue weighted by Gasteiger charge is -2.34. The first-order valence-electron chi connectivity index (χ1n) is 7.54. The molecule has 0 unspecified atom stereocenters. The Hall–Kier alpha value is -0.330. The summed E-state index contributed by atoms with van der Waals surface area (Å²) >= 11 is 1.81. The molecule has 1 amide bonds. The third-order valence-electron chi connectivity index (χ3n) is 4.09. The van der Waals surface area contributed by atoms with Crippen LogP contribution < -0.4 is 5.32 Å². The maximum atomic E-state index is 12.1. The van der Waals surface area contributed by atoms with E-state index in [0.717, 1.165) is 45.2 Å². The smallest absolute Gasteiger partial charge is 0.236 e. The molecule has 0 atom stereocenters. The molecule has 1 saturated heterocycles. The summed E-state index contributed by atoms with van der Waals surface area (Å²) in [5, 5.41) is 5.41. The lowest BCUT2D eigenvalue weighted by molar-refractivity contribution is -0.132. The van der Waals surface area contributed by atoms with Crippen molar-refractivity contribution in [2.24, 2.45) is 5.92 Å². The SMILES string of the molecule is Cl.Cl.O=C(CNCC1CC1)N1CCN(Cc2cccs2)CC1. The van der Waals surface area contributed by atoms with Gasteiger partial charge in [0, 0.05) is 37.6 Å². The number of rotatable bonds is 6. The summed E-state index contributed by atoms with van der Waals surface area (Å²) < 4.78 is 0. The van der Waals surface area contributed by atoms with E-state index in [1.165, 1.54) is 17.7 Å². The molecule has 3 rings (SSSR count). The molecule has 1 aliphatic heterocycles. The van der Waals surface area contributed by atoms with E-state index in [1.807, 2.05) is 16.2 Å². The number of hydrogen-bond donors (Lipinski definition) is 1. The second-order valence-electron chi connectivity index (χ2n) is 5.81. The average Bonchev–Trinajstić information content (AvgIpc) is 3.15. The largest absolute Gasteiger partial charge is 0.339 e. The van der Waals surface area contributed by atoms with Crippen molar-refractivity contribution in [3.05, 3.63) is 22.4 Å². The molecular weight excluding hydrogens is 341 g/mol. The third-order valence-corrected chi connectivity index (χ3v) is 4.95. The Morgan fingerprint density at radius 3 is 2.55 bits per heavy atom. The van der Waals surface area contributed by atoms with Gasteiger partial charge in [0.05, 0.1) is 6.54 Å². The lowest BCUT2D eigenvalue weighted by atomic mass is 10.3. The van der Waals surface area contributed by atoms with Crippen LogP contribution in [0.25, 0.3) is 0 Å². The Balaban J connectivity index is 0.00000121. The molecule has 2 heterocycles. The maximum Gasteiger partial charge on any atom is 0.236 e. The molecule has 1 saturated carbocycles. The number of thiophene rings is 1. The van der Waals surface area contributed by atoms with Crippen LogP contribution in [-0.2, 0) is 11.3 Å². The number of carbonyl (C=O) groups is 1. The van der Waals surface area contributed by atoms with Gasteiger partial charge in [-0.05, 0) is 36.8 Å². The van der Waals surface area contributed by atoms with Crippen molar-refractivity contribution in [3.63, 3.8) is 0 Å². The van der Waals surface area contributed by atoms with E-state index in [1.54, 1.807) is 0 Å². The molecule has 1 aliphatic carbocycles. The van der Waals surface area contributed by atoms with Gasteiger partial charge in [0.25, 0.3) is 0 Å². The van der Waals surface area contributed by atoms with Crippen molar-refractivity contribution in [3.8, 4) is 0 Å². The van der Waals surface area contributed by atoms with Gasteiger partial charge in [-0.25, -0.2) is 0 Å². The summed E-state index contributed by atoms with van der Waals surface area (Å²) in [5.41, 5.74) is 0. The normalized spacial score (nSPS) is 18.5. The van der Waals surface area contributed by atoms with E-state index < -0.39 is 0 Å². The molecule has 2 fully saturated rings. The maximum absolute atomic E-state index is 12.1. The van der Waals surface area contributed by atoms with Crippen LogP contribution in [0.15, 0.2) is 17.5 Å². The quantitative estimate of drug-likeness (QED) is 0.839. The molecule has 0 radical (unpaired) electrons. The van der Waals surface area contributed by atoms with E-state index >= 15 is 0 Å². The van der Waals surface area contributed by atoms with Crippen molar-refractivity contribution in [2.45, 2.75) is 19.4 Å². The van der Waals surface area contributed by atoms with Gasteiger partial charge in [0.15, 0.2) is 0 Å². The van der Waals surface area contributed by atoms with Crippen LogP contribution in [0.4, 0.5) is 0 Å². The van der Waals surface area contributed by atoms with Gasteiger partial charge >= 0.3 is 0 Å². The molecule has 1 N–H and O–H groups in total. The van der Waals surface area contributed by atoms with E-state index in [-0.39, 0.29) is 30.7 Å². The summed E-state index contributed by atoms with van der Waals surface area (Å²) in [5.74, 6) is 1.10. The fourth-order valence-electron chi connectivity index (χ4n) is 2.60. The van der Waals surface area contributed by atoms with E-state index in [9.17, 15) is 4.79 Å². The number of hydrogen-bond acceptors (Lipinski definition) is 4. The molecule has 7 heteroatoms. The fourth-order valence-corrected chi connectivity index (χ4v) is 3.34. The number of halogens is 2. The Morgan fingerprint density at radius 2 is 1.95 bits per heavy atom. The van der Waals surface area contributed by atoms with Crippen molar-refractivity contribution in [1.29, 1.82) is 0 Å². The first kappa shape index (κ1) is 19.7. The standard InChI is InChI=1S/C15H23N3OS.2ClH/c19-15(11-16-10-13-3-4-13)18-7-5-17(6-8-18)12-14-2-1-9-20-14;;/h1-2,9,13,16H,3-8,10-12H2;2*1H. The highest BCUT2D eigenvalue weighted by atomic mass is 35.5. The molecular formula is C15H25Cl2N3OS. The number of amides is 1. The highest BCUT2D eigenvalue weighted by Gasteiger charge is 2.23. The monoisotopic (exact) mass is 365 g/mol. The predicted octanol–water partition coefficient (Wildman–Crippen LogP) is 2.24. The molecule has 4 nitrogen and oxygen atoms in total. The first-order chi connectivity index (χ1) is 9.81. The molecule has 1 aromatic heterocycles. The Labute approximate surface area is 149 Å². The van der Waals surface area contributed by atoms with Gasteiger partial charge in [0.1, 0.15) is 0 Å². The van der Waals surface area contributed by atoms with Crippen LogP contribution in [0.5, 0.6) is 0 Å². The topological polar surface area (TPSA) is 35.6 Å². The second-order valence-corrected chi connectivity index (χ2v) is 6.84. The van der Waals surface area contributed by atoms with Crippen LogP contribution >= 0.6 is 36.2 Å². The van der Waals surface area contributed by atoms with Crippen LogP contribution in [0.3, 0.4) is 0 Å². The summed E-state index contributed by atoms with van der Waals surface area (Å²) in [4.78, 5) is 17.9. The predicted molar refractivity (Wildman–Crippen MR) is 96.3 cm³/mol. The molecule has 1 aromatic rings. The van der Waals surface area contributed by atoms with Gasteiger partial charge in [-0.2, -0.15) is 0 Å². The lowest BCUT2D eigenvalue weighted by Crippen LogP contribution is -2.50. The second kappa shape index (κ2) is 9.73. The van der Waals surface area contributed by atoms with Crippen LogP contribution in [0.1, 0.15) is 17.7 Å². The minimum Gasteiger partial charge on any atom is -0.339 e. The fraction of sp³-hybridized carbons (Fsp3) is 0.667. The summed E-state index contributed by atoms with van der Waals surface area (Å²) in [7, 11) is 0. The van der Waals surface area contributed by atoms with Crippen molar-refractivity contribution >= 4 is 42.1 Å². The zero-order valence-electron chi connectivity index (χ0n) is 12.7. The summed E-state index contributed by atoms with van der Waals surface area (Å²) in [6.45, 7) is 6.29. The van der Waals surface area contributed by atoms with Gasteiger partial charge in [-0.15, -0.1) is 36.2 Å². The van der Waals surface area contributed by atoms with Gasteiger partial charge < -0.3 is 10.2 Å². The number of carbonyl (C=O) groups excluding carboxylic acids is 1. The summed E-state index contributed by atoms with van der Waals surface area (Å²) in [6, 6.07) is 4.29. The van der Waals surface area contributed by atoms with Crippen molar-refractivity contribution in [1.82, 2.24) is 15.1 Å². The Bertz CT molecular complexity index is 432. The summed E-state index contributed by atoms with van der Waals surface area (Å²) in [6.07, 6.45) is 2.67. The van der Waals surface area contributed by atoms with Crippen LogP contribution in [0, 0.1) is 5.92 Å². The average molecular weight is 366 g/mol. The zero-order chi connectivity index (χ0) is 13.8. The molecule has 2 aliphatic rings. The van der Waals surface area contributed by atoms with Gasteiger partial charge in [0.2, 0.25) is 5.91 Å². The van der Waals surface area contributed by atoms with Gasteiger partial charge in [-0.1, -0.05) is 6.07 Å². The highest BCUT2D eigenvalue weighted by molar-refractivity contribution is 7.09. The highest BCUT2D eigenvalue weighted by Crippen LogP contribution is 2.27. The number of nitrogens with one attached hydrogen (secondary N) is 1. The van der Waals surface area contributed by atoms with Crippen molar-refractivity contribution < 1.29 is 4.79 Å². The molecule has 22 heavy (non-hydrogen) atoms. The zero-order valence-corrected chi connectivity index (χ0v) is 15.2. The minimum absolute atomic E-state index is 0. The van der Waals surface area contributed by atoms with Crippen LogP contribution in [-0.4, -0.2) is 55.0 Å². The molecule has 126 valence electrons. The van der Waals surface area contributed by atoms with Crippen molar-refractivity contribution in [2.75, 3.05) is 39.3 Å².